The van der Waals surface area contributed by atoms with E-state index >= 15 is 0 Å². The van der Waals surface area contributed by atoms with Crippen LogP contribution in [0.5, 0.6) is 0 Å². The van der Waals surface area contributed by atoms with Gasteiger partial charge in [-0.15, -0.1) is 0 Å². The first-order valence-electron chi connectivity index (χ1n) is 8.41. The Balaban J connectivity index is 1.53. The Morgan fingerprint density at radius 3 is 2.81 bits per heavy atom. The van der Waals surface area contributed by atoms with Crippen LogP contribution in [0.2, 0.25) is 0 Å². The van der Waals surface area contributed by atoms with Gasteiger partial charge in [-0.3, -0.25) is 9.48 Å². The molecule has 0 aliphatic heterocycles. The maximum Gasteiger partial charge on any atom is 0.251 e. The van der Waals surface area contributed by atoms with Gasteiger partial charge < -0.3 is 5.32 Å². The zero-order chi connectivity index (χ0) is 17.8. The lowest BCUT2D eigenvalue weighted by Crippen LogP contribution is -2.29. The van der Waals surface area contributed by atoms with Crippen LogP contribution >= 0.6 is 0 Å². The van der Waals surface area contributed by atoms with Crippen LogP contribution in [0, 0.1) is 0 Å². The van der Waals surface area contributed by atoms with Crippen LogP contribution in [-0.2, 0) is 6.54 Å². The average Bonchev–Trinajstić information content (AvgIpc) is 3.36. The second-order valence-corrected chi connectivity index (χ2v) is 6.00. The van der Waals surface area contributed by atoms with Gasteiger partial charge in [0.15, 0.2) is 0 Å². The number of fused-ring (bicyclic) bond motifs is 1. The number of hydrogen-bond acceptors (Lipinski definition) is 4. The molecule has 7 heteroatoms. The van der Waals surface area contributed by atoms with Crippen molar-refractivity contribution in [3.05, 3.63) is 84.7 Å². The molecule has 1 unspecified atom stereocenters. The summed E-state index contributed by atoms with van der Waals surface area (Å²) in [6, 6.07) is 15.3. The Kier molecular flexibility index (Phi) is 4.42. The summed E-state index contributed by atoms with van der Waals surface area (Å²) >= 11 is 0. The fourth-order valence-electron chi connectivity index (χ4n) is 2.92. The number of pyridine rings is 1. The van der Waals surface area contributed by atoms with Gasteiger partial charge >= 0.3 is 0 Å². The molecule has 0 radical (unpaired) electrons. The van der Waals surface area contributed by atoms with Gasteiger partial charge in [0.1, 0.15) is 12.7 Å². The van der Waals surface area contributed by atoms with Gasteiger partial charge in [0.05, 0.1) is 11.6 Å². The smallest absolute Gasteiger partial charge is 0.251 e. The van der Waals surface area contributed by atoms with Crippen LogP contribution in [0.3, 0.4) is 0 Å². The Labute approximate surface area is 150 Å². The van der Waals surface area contributed by atoms with Crippen molar-refractivity contribution in [3.8, 4) is 0 Å². The standard InChI is InChI=1S/C19H18N6O/c26-19(16-7-11-25-17(12-16)6-9-21-25)23-18(15-4-2-1-3-5-15)8-10-24-14-20-13-22-24/h1-7,9,11-14,18H,8,10H2,(H,23,26). The topological polar surface area (TPSA) is 77.1 Å². The number of nitrogens with zero attached hydrogens (tertiary/aromatic N) is 5. The summed E-state index contributed by atoms with van der Waals surface area (Å²) < 4.78 is 3.50. The molecule has 0 aliphatic rings. The number of aromatic nitrogens is 5. The summed E-state index contributed by atoms with van der Waals surface area (Å²) in [6.45, 7) is 0.668. The Morgan fingerprint density at radius 1 is 1.12 bits per heavy atom. The number of carbonyl (C=O) groups excluding carboxylic acids is 1. The van der Waals surface area contributed by atoms with Crippen molar-refractivity contribution in [1.29, 1.82) is 0 Å². The first kappa shape index (κ1) is 16.0. The van der Waals surface area contributed by atoms with Crippen molar-refractivity contribution in [2.75, 3.05) is 0 Å². The molecule has 4 aromatic rings. The molecule has 1 N–H and O–H groups in total. The summed E-state index contributed by atoms with van der Waals surface area (Å²) in [5, 5.41) is 11.4. The molecule has 0 fully saturated rings. The van der Waals surface area contributed by atoms with Crippen molar-refractivity contribution >= 4 is 11.4 Å². The van der Waals surface area contributed by atoms with Crippen LogP contribution in [0.25, 0.3) is 5.52 Å². The maximum absolute atomic E-state index is 12.8. The van der Waals surface area contributed by atoms with E-state index in [0.717, 1.165) is 11.1 Å². The number of aryl methyl sites for hydroxylation is 1. The van der Waals surface area contributed by atoms with E-state index in [0.29, 0.717) is 18.5 Å². The van der Waals surface area contributed by atoms with E-state index in [2.05, 4.69) is 20.5 Å². The fourth-order valence-corrected chi connectivity index (χ4v) is 2.92. The highest BCUT2D eigenvalue weighted by Gasteiger charge is 2.16. The molecule has 1 aromatic carbocycles. The number of carbonyl (C=O) groups is 1. The third kappa shape index (κ3) is 3.46. The average molecular weight is 346 g/mol. The van der Waals surface area contributed by atoms with Crippen LogP contribution < -0.4 is 5.32 Å². The Morgan fingerprint density at radius 2 is 2.00 bits per heavy atom. The first-order chi connectivity index (χ1) is 12.8. The molecule has 3 aromatic heterocycles. The zero-order valence-corrected chi connectivity index (χ0v) is 14.1. The van der Waals surface area contributed by atoms with Crippen molar-refractivity contribution in [2.24, 2.45) is 0 Å². The highest BCUT2D eigenvalue weighted by atomic mass is 16.1. The Hall–Kier alpha value is -3.48. The number of amides is 1. The third-order valence-electron chi connectivity index (χ3n) is 4.28. The molecule has 0 aliphatic carbocycles. The number of benzene rings is 1. The van der Waals surface area contributed by atoms with Crippen molar-refractivity contribution < 1.29 is 4.79 Å². The third-order valence-corrected chi connectivity index (χ3v) is 4.28. The van der Waals surface area contributed by atoms with E-state index in [1.807, 2.05) is 42.5 Å². The Bertz CT molecular complexity index is 993. The SMILES string of the molecule is O=C(NC(CCn1cncn1)c1ccccc1)c1ccn2nccc2c1. The minimum Gasteiger partial charge on any atom is -0.345 e. The normalized spacial score (nSPS) is 12.2. The molecule has 0 spiro atoms. The molecule has 0 saturated carbocycles. The molecular weight excluding hydrogens is 328 g/mol. The second-order valence-electron chi connectivity index (χ2n) is 6.00. The molecule has 1 atom stereocenters. The van der Waals surface area contributed by atoms with Gasteiger partial charge in [-0.05, 0) is 30.2 Å². The molecule has 130 valence electrons. The molecule has 0 saturated heterocycles. The summed E-state index contributed by atoms with van der Waals surface area (Å²) in [4.78, 5) is 16.7. The molecule has 26 heavy (non-hydrogen) atoms. The quantitative estimate of drug-likeness (QED) is 0.582. The van der Waals surface area contributed by atoms with E-state index in [1.54, 1.807) is 34.0 Å². The lowest BCUT2D eigenvalue weighted by molar-refractivity contribution is 0.0933. The lowest BCUT2D eigenvalue weighted by Gasteiger charge is -2.19. The zero-order valence-electron chi connectivity index (χ0n) is 14.1. The maximum atomic E-state index is 12.8. The number of nitrogens with one attached hydrogen (secondary N) is 1. The van der Waals surface area contributed by atoms with E-state index in [1.165, 1.54) is 6.33 Å². The van der Waals surface area contributed by atoms with Crippen LogP contribution in [0.15, 0.2) is 73.6 Å². The van der Waals surface area contributed by atoms with Crippen LogP contribution in [0.4, 0.5) is 0 Å². The summed E-state index contributed by atoms with van der Waals surface area (Å²) in [7, 11) is 0. The van der Waals surface area contributed by atoms with Crippen molar-refractivity contribution in [3.63, 3.8) is 0 Å². The summed E-state index contributed by atoms with van der Waals surface area (Å²) in [5.41, 5.74) is 2.56. The van der Waals surface area contributed by atoms with Gasteiger partial charge in [0.2, 0.25) is 0 Å². The van der Waals surface area contributed by atoms with Crippen molar-refractivity contribution in [1.82, 2.24) is 29.7 Å². The molecule has 7 nitrogen and oxygen atoms in total. The minimum atomic E-state index is -0.117. The summed E-state index contributed by atoms with van der Waals surface area (Å²) in [6.07, 6.45) is 7.40. The van der Waals surface area contributed by atoms with Gasteiger partial charge in [-0.2, -0.15) is 10.2 Å². The van der Waals surface area contributed by atoms with E-state index in [4.69, 9.17) is 0 Å². The molecule has 3 heterocycles. The fraction of sp³-hybridized carbons (Fsp3) is 0.158. The lowest BCUT2D eigenvalue weighted by atomic mass is 10.0. The molecule has 1 amide bonds. The predicted molar refractivity (Wildman–Crippen MR) is 96.5 cm³/mol. The minimum absolute atomic E-state index is 0.110. The second kappa shape index (κ2) is 7.18. The van der Waals surface area contributed by atoms with Crippen LogP contribution in [-0.4, -0.2) is 30.3 Å². The number of rotatable bonds is 6. The predicted octanol–water partition coefficient (Wildman–Crippen LogP) is 2.49. The van der Waals surface area contributed by atoms with E-state index < -0.39 is 0 Å². The molecule has 4 rings (SSSR count). The largest absolute Gasteiger partial charge is 0.345 e. The highest BCUT2D eigenvalue weighted by molar-refractivity contribution is 5.95. The van der Waals surface area contributed by atoms with Crippen molar-refractivity contribution in [2.45, 2.75) is 19.0 Å². The molecule has 0 bridgehead atoms. The molecular formula is C19H18N6O. The highest BCUT2D eigenvalue weighted by Crippen LogP contribution is 2.18. The monoisotopic (exact) mass is 346 g/mol. The number of hydrogen-bond donors (Lipinski definition) is 1. The summed E-state index contributed by atoms with van der Waals surface area (Å²) in [5.74, 6) is -0.110. The van der Waals surface area contributed by atoms with Gasteiger partial charge in [-0.25, -0.2) is 9.50 Å². The van der Waals surface area contributed by atoms with Gasteiger partial charge in [0.25, 0.3) is 5.91 Å². The van der Waals surface area contributed by atoms with Gasteiger partial charge in [0, 0.05) is 24.5 Å². The van der Waals surface area contributed by atoms with Gasteiger partial charge in [-0.1, -0.05) is 30.3 Å². The van der Waals surface area contributed by atoms with E-state index in [-0.39, 0.29) is 11.9 Å². The van der Waals surface area contributed by atoms with Crippen LogP contribution in [0.1, 0.15) is 28.4 Å². The van der Waals surface area contributed by atoms with E-state index in [9.17, 15) is 4.79 Å². The first-order valence-corrected chi connectivity index (χ1v) is 8.41.